The molecule has 2 atom stereocenters. The predicted octanol–water partition coefficient (Wildman–Crippen LogP) is 3.49. The fourth-order valence-electron chi connectivity index (χ4n) is 4.83. The lowest BCUT2D eigenvalue weighted by molar-refractivity contribution is -0.713. The number of likely N-dealkylation sites (tertiary alicyclic amines) is 1. The van der Waals surface area contributed by atoms with Crippen molar-refractivity contribution >= 4 is 29.7 Å². The van der Waals surface area contributed by atoms with Crippen LogP contribution < -0.4 is 10.1 Å². The molecule has 182 valence electrons. The predicted molar refractivity (Wildman–Crippen MR) is 137 cm³/mol. The summed E-state index contributed by atoms with van der Waals surface area (Å²) >= 11 is 0. The van der Waals surface area contributed by atoms with Crippen LogP contribution in [-0.4, -0.2) is 65.0 Å². The molecule has 0 aliphatic carbocycles. The first-order chi connectivity index (χ1) is 17.4. The molecule has 1 aromatic carbocycles. The number of quaternary nitrogens is 1. The highest BCUT2D eigenvalue weighted by Gasteiger charge is 2.46. The smallest absolute Gasteiger partial charge is 0.256 e. The molecule has 4 heterocycles. The standard InChI is InChI=1S/C27H26N6O3/c1-4-24(34)32-14-5-6-21(32)25-22-17-28-13-15-33(22,2)26(31-25)18-7-9-19(10-8-18)27(35)30-23-16-20(36-3)11-12-29-23/h4,7-13,15-17,21H,1,5-6,14H2,2-3H3/p+1. The number of hydrogen-bond acceptors (Lipinski definition) is 6. The third-order valence-electron chi connectivity index (χ3n) is 6.72. The average Bonchev–Trinajstić information content (AvgIpc) is 3.50. The van der Waals surface area contributed by atoms with Gasteiger partial charge in [-0.1, -0.05) is 6.58 Å². The van der Waals surface area contributed by atoms with E-state index in [1.807, 2.05) is 36.5 Å². The third-order valence-corrected chi connectivity index (χ3v) is 6.72. The summed E-state index contributed by atoms with van der Waals surface area (Å²) in [6.07, 6.45) is 10.2. The van der Waals surface area contributed by atoms with Crippen molar-refractivity contribution in [3.8, 4) is 5.75 Å². The Bertz CT molecular complexity index is 1360. The highest BCUT2D eigenvalue weighted by molar-refractivity contribution is 6.05. The summed E-state index contributed by atoms with van der Waals surface area (Å²) in [5.74, 6) is 1.47. The van der Waals surface area contributed by atoms with E-state index >= 15 is 0 Å². The van der Waals surface area contributed by atoms with Gasteiger partial charge >= 0.3 is 0 Å². The molecule has 1 saturated heterocycles. The van der Waals surface area contributed by atoms with Crippen LogP contribution in [0.5, 0.6) is 5.75 Å². The van der Waals surface area contributed by atoms with E-state index in [0.717, 1.165) is 35.6 Å². The number of pyridine rings is 1. The van der Waals surface area contributed by atoms with Gasteiger partial charge < -0.3 is 15.0 Å². The number of rotatable bonds is 6. The molecule has 0 radical (unpaired) electrons. The Labute approximate surface area is 209 Å². The number of nitrogens with zero attached hydrogens (tertiary/aromatic N) is 5. The van der Waals surface area contributed by atoms with Gasteiger partial charge in [-0.2, -0.15) is 4.99 Å². The highest BCUT2D eigenvalue weighted by Crippen LogP contribution is 2.38. The molecule has 1 aromatic heterocycles. The molecular formula is C27H27N6O3+. The minimum Gasteiger partial charge on any atom is -0.497 e. The van der Waals surface area contributed by atoms with Crippen LogP contribution in [0.2, 0.25) is 0 Å². The Balaban J connectivity index is 1.43. The van der Waals surface area contributed by atoms with Gasteiger partial charge in [0.15, 0.2) is 5.70 Å². The SMILES string of the molecule is C=CC(=O)N1CCCC1C1=C2C=NC=C[N+]2(C)C(c2ccc(C(=O)Nc3cc(OC)ccn3)cc2)=N1. The molecule has 0 bridgehead atoms. The van der Waals surface area contributed by atoms with Gasteiger partial charge in [0.25, 0.3) is 5.91 Å². The lowest BCUT2D eigenvalue weighted by atomic mass is 10.1. The van der Waals surface area contributed by atoms with Gasteiger partial charge in [0.2, 0.25) is 11.7 Å². The maximum atomic E-state index is 12.8. The number of allylic oxidation sites excluding steroid dienone is 1. The van der Waals surface area contributed by atoms with Crippen molar-refractivity contribution in [2.24, 2.45) is 9.98 Å². The van der Waals surface area contributed by atoms with Crippen molar-refractivity contribution in [2.75, 3.05) is 26.0 Å². The van der Waals surface area contributed by atoms with E-state index < -0.39 is 0 Å². The molecule has 1 fully saturated rings. The molecule has 0 spiro atoms. The van der Waals surface area contributed by atoms with E-state index in [4.69, 9.17) is 9.73 Å². The van der Waals surface area contributed by atoms with Crippen LogP contribution in [0.1, 0.15) is 28.8 Å². The molecule has 3 aliphatic rings. The molecule has 2 amide bonds. The van der Waals surface area contributed by atoms with Crippen LogP contribution >= 0.6 is 0 Å². The lowest BCUT2D eigenvalue weighted by Gasteiger charge is -2.29. The Morgan fingerprint density at radius 3 is 2.81 bits per heavy atom. The van der Waals surface area contributed by atoms with Crippen molar-refractivity contribution in [1.82, 2.24) is 9.88 Å². The van der Waals surface area contributed by atoms with E-state index in [-0.39, 0.29) is 17.9 Å². The molecular weight excluding hydrogens is 456 g/mol. The number of carbonyl (C=O) groups excluding carboxylic acids is 2. The number of carbonyl (C=O) groups is 2. The number of amides is 2. The third kappa shape index (κ3) is 4.03. The van der Waals surface area contributed by atoms with Crippen molar-refractivity contribution in [1.29, 1.82) is 0 Å². The highest BCUT2D eigenvalue weighted by atomic mass is 16.5. The zero-order valence-electron chi connectivity index (χ0n) is 20.2. The average molecular weight is 484 g/mol. The maximum absolute atomic E-state index is 12.8. The molecule has 36 heavy (non-hydrogen) atoms. The summed E-state index contributed by atoms with van der Waals surface area (Å²) in [7, 11) is 3.61. The lowest BCUT2D eigenvalue weighted by Crippen LogP contribution is -2.43. The Morgan fingerprint density at radius 1 is 1.25 bits per heavy atom. The van der Waals surface area contributed by atoms with Gasteiger partial charge in [-0.3, -0.25) is 14.6 Å². The van der Waals surface area contributed by atoms with Gasteiger partial charge in [0.1, 0.15) is 23.5 Å². The fourth-order valence-corrected chi connectivity index (χ4v) is 4.83. The van der Waals surface area contributed by atoms with Crippen LogP contribution in [0, 0.1) is 0 Å². The Morgan fingerprint density at radius 2 is 2.06 bits per heavy atom. The number of aromatic nitrogens is 1. The second kappa shape index (κ2) is 9.35. The van der Waals surface area contributed by atoms with E-state index in [0.29, 0.717) is 28.2 Å². The quantitative estimate of drug-likeness (QED) is 0.503. The molecule has 0 saturated carbocycles. The molecule has 5 rings (SSSR count). The van der Waals surface area contributed by atoms with Crippen LogP contribution in [0.15, 0.2) is 89.0 Å². The molecule has 2 unspecified atom stereocenters. The van der Waals surface area contributed by atoms with Gasteiger partial charge in [0.05, 0.1) is 38.2 Å². The molecule has 9 nitrogen and oxygen atoms in total. The van der Waals surface area contributed by atoms with Crippen LogP contribution in [0.4, 0.5) is 5.82 Å². The minimum absolute atomic E-state index is 0.0902. The monoisotopic (exact) mass is 483 g/mol. The minimum atomic E-state index is -0.273. The number of hydrogen-bond donors (Lipinski definition) is 1. The number of nitrogens with one attached hydrogen (secondary N) is 1. The van der Waals surface area contributed by atoms with Gasteiger partial charge in [-0.05, 0) is 49.2 Å². The maximum Gasteiger partial charge on any atom is 0.256 e. The molecule has 2 aromatic rings. The summed E-state index contributed by atoms with van der Waals surface area (Å²) in [5.41, 5.74) is 3.15. The summed E-state index contributed by atoms with van der Waals surface area (Å²) in [6, 6.07) is 10.6. The van der Waals surface area contributed by atoms with E-state index in [1.165, 1.54) is 6.08 Å². The van der Waals surface area contributed by atoms with Gasteiger partial charge in [-0.15, -0.1) is 0 Å². The van der Waals surface area contributed by atoms with Gasteiger partial charge in [0, 0.05) is 24.4 Å². The molecule has 3 aliphatic heterocycles. The number of anilines is 1. The second-order valence-electron chi connectivity index (χ2n) is 8.86. The number of amidine groups is 1. The zero-order chi connectivity index (χ0) is 25.3. The van der Waals surface area contributed by atoms with Crippen LogP contribution in [0.3, 0.4) is 0 Å². The Hall–Kier alpha value is -4.37. The van der Waals surface area contributed by atoms with Crippen LogP contribution in [0.25, 0.3) is 0 Å². The number of methoxy groups -OCH3 is 1. The van der Waals surface area contributed by atoms with Crippen molar-refractivity contribution in [2.45, 2.75) is 18.9 Å². The number of ether oxygens (including phenoxy) is 1. The summed E-state index contributed by atoms with van der Waals surface area (Å²) < 4.78 is 5.53. The summed E-state index contributed by atoms with van der Waals surface area (Å²) in [4.78, 5) is 40.7. The first kappa shape index (κ1) is 23.4. The van der Waals surface area contributed by atoms with E-state index in [9.17, 15) is 9.59 Å². The topological polar surface area (TPSA) is 96.2 Å². The second-order valence-corrected chi connectivity index (χ2v) is 8.86. The summed E-state index contributed by atoms with van der Waals surface area (Å²) in [5, 5.41) is 2.79. The largest absolute Gasteiger partial charge is 0.497 e. The normalized spacial score (nSPS) is 22.3. The van der Waals surface area contributed by atoms with Crippen molar-refractivity contribution < 1.29 is 18.8 Å². The van der Waals surface area contributed by atoms with E-state index in [2.05, 4.69) is 21.9 Å². The zero-order valence-corrected chi connectivity index (χ0v) is 20.2. The number of aliphatic imine (C=N–C) groups is 2. The van der Waals surface area contributed by atoms with Crippen molar-refractivity contribution in [3.05, 3.63) is 90.2 Å². The van der Waals surface area contributed by atoms with Gasteiger partial charge in [-0.25, -0.2) is 9.47 Å². The van der Waals surface area contributed by atoms with Crippen LogP contribution in [-0.2, 0) is 4.79 Å². The first-order valence-electron chi connectivity index (χ1n) is 11.7. The number of fused-ring (bicyclic) bond motifs is 1. The first-order valence-corrected chi connectivity index (χ1v) is 11.7. The molecule has 9 heteroatoms. The van der Waals surface area contributed by atoms with E-state index in [1.54, 1.807) is 43.8 Å². The number of benzene rings is 1. The summed E-state index contributed by atoms with van der Waals surface area (Å²) in [6.45, 7) is 4.33. The fraction of sp³-hybridized carbons (Fsp3) is 0.222. The Kier molecular flexibility index (Phi) is 6.07. The van der Waals surface area contributed by atoms with Crippen molar-refractivity contribution in [3.63, 3.8) is 0 Å². The molecule has 1 N–H and O–H groups in total.